The fourth-order valence-electron chi connectivity index (χ4n) is 4.53. The van der Waals surface area contributed by atoms with Crippen LogP contribution in [0.5, 0.6) is 0 Å². The molecule has 138 valence electrons. The van der Waals surface area contributed by atoms with Crippen molar-refractivity contribution in [1.29, 1.82) is 0 Å². The maximum Gasteiger partial charge on any atom is 0.334 e. The zero-order valence-electron chi connectivity index (χ0n) is 16.6. The third kappa shape index (κ3) is 2.60. The standard InChI is InChI=1S/C21H32O3Si/c1-8-12-21-13-11-15-18(22)23-14-20(15,5)16(21)9-10-17(21)24-25(6,7)19(2,3)4/h8-9,11,17H,1,10,12-14H2,2-7H3/t17-,20-,21-/m1/s1. The van der Waals surface area contributed by atoms with Gasteiger partial charge in [0.15, 0.2) is 8.32 Å². The summed E-state index contributed by atoms with van der Waals surface area (Å²) >= 11 is 0. The summed E-state index contributed by atoms with van der Waals surface area (Å²) < 4.78 is 12.3. The Hall–Kier alpha value is -1.13. The maximum atomic E-state index is 12.1. The lowest BCUT2D eigenvalue weighted by molar-refractivity contribution is -0.135. The molecule has 1 heterocycles. The minimum absolute atomic E-state index is 0.0799. The van der Waals surface area contributed by atoms with Crippen molar-refractivity contribution in [3.63, 3.8) is 0 Å². The minimum Gasteiger partial charge on any atom is -0.461 e. The molecule has 0 aromatic heterocycles. The number of hydrogen-bond donors (Lipinski definition) is 0. The summed E-state index contributed by atoms with van der Waals surface area (Å²) in [5.41, 5.74) is 1.80. The highest BCUT2D eigenvalue weighted by Crippen LogP contribution is 2.61. The van der Waals surface area contributed by atoms with Gasteiger partial charge in [-0.05, 0) is 44.3 Å². The Balaban J connectivity index is 2.00. The Bertz CT molecular complexity index is 667. The second-order valence-corrected chi connectivity index (χ2v) is 14.4. The Morgan fingerprint density at radius 3 is 2.68 bits per heavy atom. The van der Waals surface area contributed by atoms with Gasteiger partial charge in [0.1, 0.15) is 6.61 Å². The first-order valence-corrected chi connectivity index (χ1v) is 12.3. The van der Waals surface area contributed by atoms with E-state index in [1.54, 1.807) is 0 Å². The van der Waals surface area contributed by atoms with Gasteiger partial charge in [-0.2, -0.15) is 0 Å². The Kier molecular flexibility index (Phi) is 4.24. The molecule has 1 fully saturated rings. The number of esters is 1. The van der Waals surface area contributed by atoms with Crippen molar-refractivity contribution in [2.75, 3.05) is 6.61 Å². The molecular formula is C21H32O3Si. The Labute approximate surface area is 153 Å². The van der Waals surface area contributed by atoms with Crippen LogP contribution < -0.4 is 0 Å². The third-order valence-electron chi connectivity index (χ3n) is 7.01. The lowest BCUT2D eigenvalue weighted by atomic mass is 9.59. The van der Waals surface area contributed by atoms with Gasteiger partial charge < -0.3 is 9.16 Å². The molecule has 0 N–H and O–H groups in total. The van der Waals surface area contributed by atoms with E-state index in [-0.39, 0.29) is 27.9 Å². The highest BCUT2D eigenvalue weighted by molar-refractivity contribution is 6.74. The molecule has 3 aliphatic rings. The smallest absolute Gasteiger partial charge is 0.334 e. The summed E-state index contributed by atoms with van der Waals surface area (Å²) in [4.78, 5) is 12.1. The molecule has 3 atom stereocenters. The molecule has 0 aromatic carbocycles. The predicted octanol–water partition coefficient (Wildman–Crippen LogP) is 5.16. The van der Waals surface area contributed by atoms with Gasteiger partial charge in [-0.3, -0.25) is 0 Å². The van der Waals surface area contributed by atoms with Gasteiger partial charge in [-0.25, -0.2) is 4.79 Å². The SMILES string of the molecule is C=CC[C@@]12CC=C3C(=O)OC[C@@]3(C)C1=CC[C@H]2O[Si](C)(C)C(C)(C)C. The van der Waals surface area contributed by atoms with Gasteiger partial charge in [0, 0.05) is 11.0 Å². The lowest BCUT2D eigenvalue weighted by Gasteiger charge is -2.49. The van der Waals surface area contributed by atoms with Crippen LogP contribution in [-0.2, 0) is 14.0 Å². The molecule has 0 aromatic rings. The number of cyclic esters (lactones) is 1. The van der Waals surface area contributed by atoms with Crippen LogP contribution in [0.4, 0.5) is 0 Å². The highest BCUT2D eigenvalue weighted by Gasteiger charge is 2.59. The number of hydrogen-bond acceptors (Lipinski definition) is 3. The first-order chi connectivity index (χ1) is 11.5. The minimum atomic E-state index is -1.88. The molecule has 1 aliphatic heterocycles. The van der Waals surface area contributed by atoms with Crippen LogP contribution in [0, 0.1) is 10.8 Å². The Morgan fingerprint density at radius 2 is 2.08 bits per heavy atom. The normalized spacial score (nSPS) is 34.8. The van der Waals surface area contributed by atoms with Crippen molar-refractivity contribution in [2.45, 2.75) is 71.2 Å². The predicted molar refractivity (Wildman–Crippen MR) is 104 cm³/mol. The zero-order chi connectivity index (χ0) is 18.7. The van der Waals surface area contributed by atoms with Crippen LogP contribution in [0.3, 0.4) is 0 Å². The quantitative estimate of drug-likeness (QED) is 0.394. The summed E-state index contributed by atoms with van der Waals surface area (Å²) in [7, 11) is -1.88. The monoisotopic (exact) mass is 360 g/mol. The molecule has 0 unspecified atom stereocenters. The number of allylic oxidation sites excluding steroid dienone is 2. The molecule has 4 heteroatoms. The van der Waals surface area contributed by atoms with Crippen molar-refractivity contribution in [1.82, 2.24) is 0 Å². The van der Waals surface area contributed by atoms with E-state index in [9.17, 15) is 4.79 Å². The van der Waals surface area contributed by atoms with Gasteiger partial charge >= 0.3 is 5.97 Å². The van der Waals surface area contributed by atoms with Crippen molar-refractivity contribution >= 4 is 14.3 Å². The van der Waals surface area contributed by atoms with Crippen LogP contribution in [0.15, 0.2) is 36.0 Å². The molecule has 0 radical (unpaired) electrons. The average molecular weight is 361 g/mol. The van der Waals surface area contributed by atoms with Gasteiger partial charge in [0.2, 0.25) is 0 Å². The van der Waals surface area contributed by atoms with Crippen LogP contribution in [0.1, 0.15) is 47.0 Å². The van der Waals surface area contributed by atoms with E-state index in [0.29, 0.717) is 6.61 Å². The van der Waals surface area contributed by atoms with Crippen LogP contribution in [0.2, 0.25) is 18.1 Å². The van der Waals surface area contributed by atoms with Crippen LogP contribution in [0.25, 0.3) is 0 Å². The molecule has 0 amide bonds. The largest absolute Gasteiger partial charge is 0.461 e. The Morgan fingerprint density at radius 1 is 1.40 bits per heavy atom. The molecule has 0 spiro atoms. The van der Waals surface area contributed by atoms with E-state index < -0.39 is 8.32 Å². The third-order valence-corrected chi connectivity index (χ3v) is 11.5. The fraction of sp³-hybridized carbons (Fsp3) is 0.667. The summed E-state index contributed by atoms with van der Waals surface area (Å²) in [6, 6.07) is 0. The second kappa shape index (κ2) is 5.68. The summed E-state index contributed by atoms with van der Waals surface area (Å²) in [6.07, 6.45) is 9.25. The first-order valence-electron chi connectivity index (χ1n) is 9.35. The molecule has 1 saturated heterocycles. The maximum absolute atomic E-state index is 12.1. The fourth-order valence-corrected chi connectivity index (χ4v) is 5.91. The molecule has 2 aliphatic carbocycles. The highest BCUT2D eigenvalue weighted by atomic mass is 28.4. The van der Waals surface area contributed by atoms with Gasteiger partial charge in [-0.15, -0.1) is 6.58 Å². The van der Waals surface area contributed by atoms with Crippen molar-refractivity contribution in [2.24, 2.45) is 10.8 Å². The molecular weight excluding hydrogens is 328 g/mol. The van der Waals surface area contributed by atoms with E-state index in [4.69, 9.17) is 9.16 Å². The van der Waals surface area contributed by atoms with Gasteiger partial charge in [-0.1, -0.05) is 44.6 Å². The summed E-state index contributed by atoms with van der Waals surface area (Å²) in [6.45, 7) is 18.1. The van der Waals surface area contributed by atoms with E-state index in [1.165, 1.54) is 5.57 Å². The number of carbonyl (C=O) groups excluding carboxylic acids is 1. The molecule has 3 nitrogen and oxygen atoms in total. The van der Waals surface area contributed by atoms with Gasteiger partial charge in [0.05, 0.1) is 11.5 Å². The van der Waals surface area contributed by atoms with E-state index in [2.05, 4.69) is 59.5 Å². The number of carbonyl (C=O) groups is 1. The molecule has 0 saturated carbocycles. The second-order valence-electron chi connectivity index (χ2n) is 9.60. The molecule has 0 bridgehead atoms. The van der Waals surface area contributed by atoms with E-state index in [1.807, 2.05) is 6.08 Å². The summed E-state index contributed by atoms with van der Waals surface area (Å²) in [5, 5.41) is 0.178. The topological polar surface area (TPSA) is 35.5 Å². The lowest BCUT2D eigenvalue weighted by Crippen LogP contribution is -2.50. The van der Waals surface area contributed by atoms with Crippen LogP contribution in [-0.4, -0.2) is 27.0 Å². The van der Waals surface area contributed by atoms with E-state index in [0.717, 1.165) is 24.8 Å². The molecule has 3 rings (SSSR count). The van der Waals surface area contributed by atoms with Crippen molar-refractivity contribution in [3.8, 4) is 0 Å². The van der Waals surface area contributed by atoms with Gasteiger partial charge in [0.25, 0.3) is 0 Å². The number of ether oxygens (including phenoxy) is 1. The first kappa shape index (κ1) is 18.7. The van der Waals surface area contributed by atoms with E-state index >= 15 is 0 Å². The number of rotatable bonds is 4. The number of fused-ring (bicyclic) bond motifs is 3. The van der Waals surface area contributed by atoms with Crippen molar-refractivity contribution in [3.05, 3.63) is 36.0 Å². The van der Waals surface area contributed by atoms with Crippen LogP contribution >= 0.6 is 0 Å². The summed E-state index contributed by atoms with van der Waals surface area (Å²) in [5.74, 6) is -0.149. The zero-order valence-corrected chi connectivity index (χ0v) is 17.6. The van der Waals surface area contributed by atoms with Crippen molar-refractivity contribution < 1.29 is 14.0 Å². The molecule has 25 heavy (non-hydrogen) atoms. The average Bonchev–Trinajstić information content (AvgIpc) is 2.98.